The van der Waals surface area contributed by atoms with Gasteiger partial charge in [-0.3, -0.25) is 0 Å². The van der Waals surface area contributed by atoms with Crippen molar-refractivity contribution in [2.75, 3.05) is 0 Å². The Bertz CT molecular complexity index is 1040. The van der Waals surface area contributed by atoms with Crippen LogP contribution >= 0.6 is 11.6 Å². The second kappa shape index (κ2) is 5.65. The summed E-state index contributed by atoms with van der Waals surface area (Å²) in [5.74, 6) is -1.05. The topological polar surface area (TPSA) is 38.0 Å². The first kappa shape index (κ1) is 14.7. The molecule has 0 unspecified atom stereocenters. The maximum absolute atomic E-state index is 13.2. The van der Waals surface area contributed by atoms with Gasteiger partial charge in [-0.05, 0) is 47.5 Å². The Morgan fingerprint density at radius 1 is 0.917 bits per heavy atom. The van der Waals surface area contributed by atoms with Gasteiger partial charge in [-0.25, -0.2) is 9.07 Å². The van der Waals surface area contributed by atoms with Crippen LogP contribution in [-0.2, 0) is 0 Å². The Morgan fingerprint density at radius 2 is 1.67 bits per heavy atom. The lowest BCUT2D eigenvalue weighted by Crippen LogP contribution is -1.96. The summed E-state index contributed by atoms with van der Waals surface area (Å²) < 4.78 is 14.9. The minimum Gasteiger partial charge on any atom is -0.505 e. The van der Waals surface area contributed by atoms with Gasteiger partial charge in [0.15, 0.2) is 11.6 Å². The van der Waals surface area contributed by atoms with Crippen LogP contribution in [0.4, 0.5) is 4.39 Å². The number of fused-ring (bicyclic) bond motifs is 1. The monoisotopic (exact) mass is 338 g/mol. The molecule has 1 heterocycles. The van der Waals surface area contributed by atoms with E-state index >= 15 is 0 Å². The number of benzene rings is 3. The van der Waals surface area contributed by atoms with E-state index in [0.29, 0.717) is 10.7 Å². The number of phenols is 1. The van der Waals surface area contributed by atoms with Crippen LogP contribution in [0.3, 0.4) is 0 Å². The third kappa shape index (κ3) is 2.51. The third-order valence-corrected chi connectivity index (χ3v) is 4.17. The van der Waals surface area contributed by atoms with Crippen LogP contribution in [0.25, 0.3) is 27.7 Å². The molecule has 0 radical (unpaired) electrons. The van der Waals surface area contributed by atoms with Crippen LogP contribution < -0.4 is 0 Å². The van der Waals surface area contributed by atoms with Crippen LogP contribution in [-0.4, -0.2) is 14.9 Å². The second-order valence-electron chi connectivity index (χ2n) is 5.47. The van der Waals surface area contributed by atoms with Crippen LogP contribution in [0.5, 0.6) is 5.75 Å². The molecule has 5 heteroatoms. The predicted molar refractivity (Wildman–Crippen MR) is 93.1 cm³/mol. The largest absolute Gasteiger partial charge is 0.505 e. The Balaban J connectivity index is 1.80. The van der Waals surface area contributed by atoms with Gasteiger partial charge in [0, 0.05) is 16.5 Å². The van der Waals surface area contributed by atoms with Gasteiger partial charge in [0.25, 0.3) is 0 Å². The van der Waals surface area contributed by atoms with E-state index in [9.17, 15) is 9.50 Å². The molecule has 0 aliphatic carbocycles. The first-order valence-electron chi connectivity index (χ1n) is 7.34. The molecule has 24 heavy (non-hydrogen) atoms. The SMILES string of the molecule is Oc1cc(-n2ncc3cc(-c4ccc(Cl)cc4)ccc32)ccc1F. The molecule has 1 N–H and O–H groups in total. The van der Waals surface area contributed by atoms with Crippen molar-refractivity contribution in [3.63, 3.8) is 0 Å². The minimum atomic E-state index is -0.653. The number of hydrogen-bond donors (Lipinski definition) is 1. The predicted octanol–water partition coefficient (Wildman–Crippen LogP) is 5.19. The fourth-order valence-electron chi connectivity index (χ4n) is 2.69. The average Bonchev–Trinajstić information content (AvgIpc) is 3.01. The fraction of sp³-hybridized carbons (Fsp3) is 0. The van der Waals surface area contributed by atoms with E-state index in [1.807, 2.05) is 42.5 Å². The fourth-order valence-corrected chi connectivity index (χ4v) is 2.82. The highest BCUT2D eigenvalue weighted by Gasteiger charge is 2.09. The molecule has 0 fully saturated rings. The molecule has 118 valence electrons. The van der Waals surface area contributed by atoms with E-state index in [1.54, 1.807) is 16.9 Å². The molecule has 0 aliphatic heterocycles. The Kier molecular flexibility index (Phi) is 3.47. The van der Waals surface area contributed by atoms with Crippen molar-refractivity contribution < 1.29 is 9.50 Å². The minimum absolute atomic E-state index is 0.395. The van der Waals surface area contributed by atoms with E-state index < -0.39 is 11.6 Å². The zero-order valence-corrected chi connectivity index (χ0v) is 13.2. The van der Waals surface area contributed by atoms with Crippen molar-refractivity contribution >= 4 is 22.5 Å². The van der Waals surface area contributed by atoms with Crippen LogP contribution in [0.1, 0.15) is 0 Å². The number of aromatic hydroxyl groups is 1. The molecule has 0 atom stereocenters. The van der Waals surface area contributed by atoms with Crippen molar-refractivity contribution in [1.29, 1.82) is 0 Å². The summed E-state index contributed by atoms with van der Waals surface area (Å²) in [4.78, 5) is 0. The normalized spacial score (nSPS) is 11.1. The molecule has 0 bridgehead atoms. The van der Waals surface area contributed by atoms with Crippen molar-refractivity contribution in [2.24, 2.45) is 0 Å². The molecule has 3 nitrogen and oxygen atoms in total. The van der Waals surface area contributed by atoms with Crippen molar-refractivity contribution in [2.45, 2.75) is 0 Å². The second-order valence-corrected chi connectivity index (χ2v) is 5.91. The molecule has 0 amide bonds. The van der Waals surface area contributed by atoms with E-state index in [2.05, 4.69) is 5.10 Å². The van der Waals surface area contributed by atoms with Crippen LogP contribution in [0.15, 0.2) is 66.9 Å². The zero-order chi connectivity index (χ0) is 16.7. The van der Waals surface area contributed by atoms with Gasteiger partial charge in [0.05, 0.1) is 17.4 Å². The van der Waals surface area contributed by atoms with Crippen LogP contribution in [0.2, 0.25) is 5.02 Å². The van der Waals surface area contributed by atoms with Crippen molar-refractivity contribution in [3.05, 3.63) is 77.7 Å². The quantitative estimate of drug-likeness (QED) is 0.546. The highest BCUT2D eigenvalue weighted by Crippen LogP contribution is 2.28. The summed E-state index contributed by atoms with van der Waals surface area (Å²) in [7, 11) is 0. The number of aromatic nitrogens is 2. The first-order chi connectivity index (χ1) is 11.6. The van der Waals surface area contributed by atoms with Gasteiger partial charge < -0.3 is 5.11 Å². The first-order valence-corrected chi connectivity index (χ1v) is 7.72. The highest BCUT2D eigenvalue weighted by atomic mass is 35.5. The standard InChI is InChI=1S/C19H12ClFN2O/c20-15-4-1-12(2-5-15)13-3-8-18-14(9-13)11-22-23(18)16-6-7-17(21)19(24)10-16/h1-11,24H. The molecular formula is C19H12ClFN2O. The molecule has 0 aliphatic rings. The number of halogens is 2. The van der Waals surface area contributed by atoms with Crippen molar-refractivity contribution in [3.8, 4) is 22.6 Å². The summed E-state index contributed by atoms with van der Waals surface area (Å²) >= 11 is 5.93. The van der Waals surface area contributed by atoms with Crippen molar-refractivity contribution in [1.82, 2.24) is 9.78 Å². The lowest BCUT2D eigenvalue weighted by atomic mass is 10.0. The summed E-state index contributed by atoms with van der Waals surface area (Å²) in [5.41, 5.74) is 3.59. The molecule has 4 aromatic rings. The maximum Gasteiger partial charge on any atom is 0.164 e. The molecule has 3 aromatic carbocycles. The molecule has 1 aromatic heterocycles. The molecule has 0 saturated heterocycles. The average molecular weight is 339 g/mol. The third-order valence-electron chi connectivity index (χ3n) is 3.92. The number of hydrogen-bond acceptors (Lipinski definition) is 2. The molecule has 4 rings (SSSR count). The van der Waals surface area contributed by atoms with Gasteiger partial charge >= 0.3 is 0 Å². The van der Waals surface area contributed by atoms with E-state index in [4.69, 9.17) is 11.6 Å². The smallest absolute Gasteiger partial charge is 0.164 e. The van der Waals surface area contributed by atoms with Gasteiger partial charge in [0.2, 0.25) is 0 Å². The summed E-state index contributed by atoms with van der Waals surface area (Å²) in [6.45, 7) is 0. The van der Waals surface area contributed by atoms with E-state index in [0.717, 1.165) is 22.0 Å². The molecule has 0 spiro atoms. The van der Waals surface area contributed by atoms with Gasteiger partial charge in [0.1, 0.15) is 0 Å². The maximum atomic E-state index is 13.2. The Morgan fingerprint density at radius 3 is 2.42 bits per heavy atom. The molecule has 0 saturated carbocycles. The van der Waals surface area contributed by atoms with Gasteiger partial charge in [-0.1, -0.05) is 29.8 Å². The highest BCUT2D eigenvalue weighted by molar-refractivity contribution is 6.30. The number of nitrogens with zero attached hydrogens (tertiary/aromatic N) is 2. The zero-order valence-electron chi connectivity index (χ0n) is 12.4. The number of rotatable bonds is 2. The summed E-state index contributed by atoms with van der Waals surface area (Å²) in [5, 5.41) is 15.6. The lowest BCUT2D eigenvalue weighted by molar-refractivity contribution is 0.432. The summed E-state index contributed by atoms with van der Waals surface area (Å²) in [6, 6.07) is 17.8. The summed E-state index contributed by atoms with van der Waals surface area (Å²) in [6.07, 6.45) is 1.75. The van der Waals surface area contributed by atoms with E-state index in [-0.39, 0.29) is 0 Å². The lowest BCUT2D eigenvalue weighted by Gasteiger charge is -2.06. The van der Waals surface area contributed by atoms with Gasteiger partial charge in [-0.2, -0.15) is 5.10 Å². The Hall–Kier alpha value is -2.85. The van der Waals surface area contributed by atoms with Gasteiger partial charge in [-0.15, -0.1) is 0 Å². The molecular weight excluding hydrogens is 327 g/mol. The Labute approximate surface area is 142 Å². The van der Waals surface area contributed by atoms with E-state index in [1.165, 1.54) is 12.1 Å². The number of phenolic OH excluding ortho intramolecular Hbond substituents is 1. The van der Waals surface area contributed by atoms with Crippen LogP contribution in [0, 0.1) is 5.82 Å².